The number of hydrogen-bond acceptors (Lipinski definition) is 4. The molecule has 138 valence electrons. The maximum atomic E-state index is 12.2. The molecular formula is C20H24N2O4. The molecule has 0 aliphatic heterocycles. The molecule has 0 amide bonds. The summed E-state index contributed by atoms with van der Waals surface area (Å²) < 4.78 is 7.93. The summed E-state index contributed by atoms with van der Waals surface area (Å²) in [6.07, 6.45) is 8.09. The molecule has 2 rings (SSSR count). The fourth-order valence-corrected chi connectivity index (χ4v) is 2.48. The first kappa shape index (κ1) is 19.4. The summed E-state index contributed by atoms with van der Waals surface area (Å²) in [5.74, 6) is -0.491. The zero-order valence-electron chi connectivity index (χ0n) is 15.2. The summed E-state index contributed by atoms with van der Waals surface area (Å²) >= 11 is 0. The predicted octanol–water partition coefficient (Wildman–Crippen LogP) is 3.16. The minimum absolute atomic E-state index is 0.0163. The maximum absolute atomic E-state index is 12.2. The first-order chi connectivity index (χ1) is 12.5. The molecule has 2 aromatic rings. The Morgan fingerprint density at radius 2 is 1.88 bits per heavy atom. The molecule has 0 aliphatic carbocycles. The first-order valence-electron chi connectivity index (χ1n) is 8.72. The van der Waals surface area contributed by atoms with E-state index in [2.05, 4.69) is 6.92 Å². The number of carbonyl (C=O) groups excluding carboxylic acids is 2. The van der Waals surface area contributed by atoms with Crippen LogP contribution in [0.15, 0.2) is 47.4 Å². The number of aryl methyl sites for hydroxylation is 1. The average molecular weight is 356 g/mol. The molecule has 0 N–H and O–H groups in total. The van der Waals surface area contributed by atoms with Gasteiger partial charge < -0.3 is 9.30 Å². The lowest BCUT2D eigenvalue weighted by molar-refractivity contribution is -0.114. The Bertz CT molecular complexity index is 831. The number of unbranched alkanes of at least 4 members (excludes halogenated alkanes) is 2. The van der Waals surface area contributed by atoms with Crippen molar-refractivity contribution in [3.05, 3.63) is 64.3 Å². The van der Waals surface area contributed by atoms with E-state index < -0.39 is 5.97 Å². The third-order valence-electron chi connectivity index (χ3n) is 3.97. The van der Waals surface area contributed by atoms with Gasteiger partial charge in [0.1, 0.15) is 0 Å². The van der Waals surface area contributed by atoms with E-state index >= 15 is 0 Å². The van der Waals surface area contributed by atoms with Gasteiger partial charge in [0, 0.05) is 19.7 Å². The minimum Gasteiger partial charge on any atom is -0.440 e. The number of esters is 1. The Balaban J connectivity index is 2.05. The van der Waals surface area contributed by atoms with Gasteiger partial charge in [-0.1, -0.05) is 38.0 Å². The van der Waals surface area contributed by atoms with E-state index in [0.29, 0.717) is 17.7 Å². The van der Waals surface area contributed by atoms with Gasteiger partial charge in [-0.05, 0) is 30.7 Å². The number of imidazole rings is 1. The zero-order valence-corrected chi connectivity index (χ0v) is 15.2. The first-order valence-corrected chi connectivity index (χ1v) is 8.72. The van der Waals surface area contributed by atoms with Gasteiger partial charge in [0.2, 0.25) is 0 Å². The van der Waals surface area contributed by atoms with Gasteiger partial charge in [-0.3, -0.25) is 9.36 Å². The van der Waals surface area contributed by atoms with Crippen molar-refractivity contribution in [1.29, 1.82) is 0 Å². The van der Waals surface area contributed by atoms with Gasteiger partial charge in [-0.25, -0.2) is 9.59 Å². The van der Waals surface area contributed by atoms with Crippen LogP contribution in [0.3, 0.4) is 0 Å². The number of ether oxygens (including phenoxy) is 1. The standard InChI is InChI=1S/C20H24N2O4/c1-3-4-6-11-18(23)13-12-17-14-21(2)20(25)22(17)15-26-19(24)16-9-7-5-8-10-16/h5,7-10,12-14H,3-4,6,11,15H2,1-2H3. The smallest absolute Gasteiger partial charge is 0.339 e. The van der Waals surface area contributed by atoms with E-state index in [9.17, 15) is 14.4 Å². The molecule has 0 saturated heterocycles. The van der Waals surface area contributed by atoms with Crippen LogP contribution in [0.25, 0.3) is 6.08 Å². The second-order valence-electron chi connectivity index (χ2n) is 6.06. The number of allylic oxidation sites excluding steroid dienone is 1. The van der Waals surface area contributed by atoms with E-state index in [1.54, 1.807) is 49.7 Å². The molecule has 0 bridgehead atoms. The molecule has 1 heterocycles. The highest BCUT2D eigenvalue weighted by atomic mass is 16.5. The van der Waals surface area contributed by atoms with Gasteiger partial charge >= 0.3 is 11.7 Å². The molecule has 6 nitrogen and oxygen atoms in total. The lowest BCUT2D eigenvalue weighted by atomic mass is 10.1. The fourth-order valence-electron chi connectivity index (χ4n) is 2.48. The van der Waals surface area contributed by atoms with Crippen LogP contribution < -0.4 is 5.69 Å². The SMILES string of the molecule is CCCCCC(=O)C=Cc1cn(C)c(=O)n1COC(=O)c1ccccc1. The highest BCUT2D eigenvalue weighted by Gasteiger charge is 2.11. The van der Waals surface area contributed by atoms with Gasteiger partial charge in [0.25, 0.3) is 0 Å². The largest absolute Gasteiger partial charge is 0.440 e. The van der Waals surface area contributed by atoms with Crippen molar-refractivity contribution in [3.8, 4) is 0 Å². The fraction of sp³-hybridized carbons (Fsp3) is 0.350. The molecule has 26 heavy (non-hydrogen) atoms. The molecular weight excluding hydrogens is 332 g/mol. The number of rotatable bonds is 9. The van der Waals surface area contributed by atoms with E-state index in [4.69, 9.17) is 4.74 Å². The third kappa shape index (κ3) is 5.31. The van der Waals surface area contributed by atoms with E-state index in [-0.39, 0.29) is 18.2 Å². The molecule has 0 spiro atoms. The lowest BCUT2D eigenvalue weighted by Gasteiger charge is -2.06. The van der Waals surface area contributed by atoms with Gasteiger partial charge in [0.15, 0.2) is 12.5 Å². The Kier molecular flexibility index (Phi) is 7.14. The molecule has 0 unspecified atom stereocenters. The Hall–Kier alpha value is -2.89. The van der Waals surface area contributed by atoms with Crippen LogP contribution in [-0.4, -0.2) is 20.9 Å². The average Bonchev–Trinajstić information content (AvgIpc) is 2.92. The molecule has 1 aromatic carbocycles. The highest BCUT2D eigenvalue weighted by Crippen LogP contribution is 2.06. The number of ketones is 1. The van der Waals surface area contributed by atoms with Crippen molar-refractivity contribution in [2.24, 2.45) is 7.05 Å². The number of hydrogen-bond donors (Lipinski definition) is 0. The van der Waals surface area contributed by atoms with Gasteiger partial charge in [-0.15, -0.1) is 0 Å². The van der Waals surface area contributed by atoms with Crippen molar-refractivity contribution in [1.82, 2.24) is 9.13 Å². The van der Waals surface area contributed by atoms with Crippen LogP contribution >= 0.6 is 0 Å². The van der Waals surface area contributed by atoms with E-state index in [1.807, 2.05) is 0 Å². The second kappa shape index (κ2) is 9.56. The summed E-state index contributed by atoms with van der Waals surface area (Å²) in [6.45, 7) is 1.87. The second-order valence-corrected chi connectivity index (χ2v) is 6.06. The Morgan fingerprint density at radius 3 is 2.58 bits per heavy atom. The molecule has 0 radical (unpaired) electrons. The number of carbonyl (C=O) groups is 2. The van der Waals surface area contributed by atoms with Crippen LogP contribution in [0.2, 0.25) is 0 Å². The van der Waals surface area contributed by atoms with Gasteiger partial charge in [-0.2, -0.15) is 0 Å². The lowest BCUT2D eigenvalue weighted by Crippen LogP contribution is -2.25. The van der Waals surface area contributed by atoms with Crippen LogP contribution in [0, 0.1) is 0 Å². The topological polar surface area (TPSA) is 70.3 Å². The summed E-state index contributed by atoms with van der Waals surface area (Å²) in [4.78, 5) is 36.1. The summed E-state index contributed by atoms with van der Waals surface area (Å²) in [5.41, 5.74) is 0.617. The van der Waals surface area contributed by atoms with Gasteiger partial charge in [0.05, 0.1) is 11.3 Å². The monoisotopic (exact) mass is 356 g/mol. The molecule has 0 saturated carbocycles. The quantitative estimate of drug-likeness (QED) is 0.393. The van der Waals surface area contributed by atoms with Crippen molar-refractivity contribution in [2.75, 3.05) is 0 Å². The normalized spacial score (nSPS) is 11.0. The molecule has 6 heteroatoms. The molecule has 1 aromatic heterocycles. The molecule has 0 aliphatic rings. The molecule has 0 fully saturated rings. The van der Waals surface area contributed by atoms with Crippen LogP contribution in [-0.2, 0) is 23.3 Å². The van der Waals surface area contributed by atoms with Crippen molar-refractivity contribution in [3.63, 3.8) is 0 Å². The summed E-state index contributed by atoms with van der Waals surface area (Å²) in [6, 6.07) is 8.57. The van der Waals surface area contributed by atoms with Crippen molar-refractivity contribution in [2.45, 2.75) is 39.3 Å². The molecule has 0 atom stereocenters. The van der Waals surface area contributed by atoms with Crippen LogP contribution in [0.4, 0.5) is 0 Å². The predicted molar refractivity (Wildman–Crippen MR) is 99.7 cm³/mol. The third-order valence-corrected chi connectivity index (χ3v) is 3.97. The van der Waals surface area contributed by atoms with E-state index in [0.717, 1.165) is 19.3 Å². The number of benzene rings is 1. The summed E-state index contributed by atoms with van der Waals surface area (Å²) in [5, 5.41) is 0. The van der Waals surface area contributed by atoms with Crippen LogP contribution in [0.5, 0.6) is 0 Å². The van der Waals surface area contributed by atoms with Crippen molar-refractivity contribution >= 4 is 17.8 Å². The Morgan fingerprint density at radius 1 is 1.15 bits per heavy atom. The number of nitrogens with zero attached hydrogens (tertiary/aromatic N) is 2. The maximum Gasteiger partial charge on any atom is 0.339 e. The zero-order chi connectivity index (χ0) is 18.9. The van der Waals surface area contributed by atoms with Crippen molar-refractivity contribution < 1.29 is 14.3 Å². The van der Waals surface area contributed by atoms with Crippen LogP contribution in [0.1, 0.15) is 48.7 Å². The number of aromatic nitrogens is 2. The van der Waals surface area contributed by atoms with E-state index in [1.165, 1.54) is 15.2 Å². The highest BCUT2D eigenvalue weighted by molar-refractivity contribution is 5.93. The summed E-state index contributed by atoms with van der Waals surface area (Å²) in [7, 11) is 1.61. The minimum atomic E-state index is -0.507. The Labute approximate surface area is 152 Å².